The summed E-state index contributed by atoms with van der Waals surface area (Å²) in [6.45, 7) is 2.24. The topological polar surface area (TPSA) is 12.0 Å². The highest BCUT2D eigenvalue weighted by molar-refractivity contribution is 6.30. The van der Waals surface area contributed by atoms with Gasteiger partial charge in [-0.25, -0.2) is 4.39 Å². The zero-order chi connectivity index (χ0) is 13.0. The molecule has 100 valence electrons. The molecule has 2 rings (SSSR count). The van der Waals surface area contributed by atoms with Crippen molar-refractivity contribution in [1.82, 2.24) is 0 Å². The van der Waals surface area contributed by atoms with Gasteiger partial charge in [-0.15, -0.1) is 0 Å². The molecule has 1 saturated carbocycles. The van der Waals surface area contributed by atoms with E-state index in [0.29, 0.717) is 16.8 Å². The molecule has 0 unspecified atom stereocenters. The molecular weight excluding hydrogens is 249 g/mol. The monoisotopic (exact) mass is 269 g/mol. The SMILES string of the molecule is CCCC1CCC(Nc2cc(Cl)ccc2F)CC1. The van der Waals surface area contributed by atoms with E-state index >= 15 is 0 Å². The molecule has 1 aliphatic rings. The van der Waals surface area contributed by atoms with Crippen LogP contribution in [0.15, 0.2) is 18.2 Å². The first-order valence-corrected chi connectivity index (χ1v) is 7.28. The smallest absolute Gasteiger partial charge is 0.146 e. The van der Waals surface area contributed by atoms with E-state index in [1.165, 1.54) is 31.7 Å². The largest absolute Gasteiger partial charge is 0.380 e. The first kappa shape index (κ1) is 13.7. The summed E-state index contributed by atoms with van der Waals surface area (Å²) in [5.41, 5.74) is 0.543. The van der Waals surface area contributed by atoms with Gasteiger partial charge >= 0.3 is 0 Å². The number of rotatable bonds is 4. The third kappa shape index (κ3) is 3.61. The lowest BCUT2D eigenvalue weighted by atomic mass is 9.83. The van der Waals surface area contributed by atoms with Gasteiger partial charge in [0.2, 0.25) is 0 Å². The van der Waals surface area contributed by atoms with Gasteiger partial charge in [0.25, 0.3) is 0 Å². The molecule has 0 aromatic heterocycles. The fourth-order valence-electron chi connectivity index (χ4n) is 2.83. The van der Waals surface area contributed by atoms with Gasteiger partial charge in [0.15, 0.2) is 0 Å². The van der Waals surface area contributed by atoms with Crippen LogP contribution in [0.4, 0.5) is 10.1 Å². The van der Waals surface area contributed by atoms with Crippen molar-refractivity contribution in [2.75, 3.05) is 5.32 Å². The molecule has 0 spiro atoms. The van der Waals surface area contributed by atoms with Gasteiger partial charge in [-0.2, -0.15) is 0 Å². The maximum atomic E-state index is 13.6. The van der Waals surface area contributed by atoms with Crippen molar-refractivity contribution >= 4 is 17.3 Å². The minimum absolute atomic E-state index is 0.213. The van der Waals surface area contributed by atoms with Crippen LogP contribution in [0.2, 0.25) is 5.02 Å². The summed E-state index contributed by atoms with van der Waals surface area (Å²) in [4.78, 5) is 0. The molecule has 0 saturated heterocycles. The molecule has 1 aliphatic carbocycles. The Morgan fingerprint density at radius 3 is 2.67 bits per heavy atom. The number of nitrogens with one attached hydrogen (secondary N) is 1. The highest BCUT2D eigenvalue weighted by Crippen LogP contribution is 2.30. The van der Waals surface area contributed by atoms with Crippen LogP contribution in [0.25, 0.3) is 0 Å². The predicted octanol–water partition coefficient (Wildman–Crippen LogP) is 5.25. The Labute approximate surface area is 114 Å². The number of benzene rings is 1. The summed E-state index contributed by atoms with van der Waals surface area (Å²) in [5.74, 6) is 0.660. The zero-order valence-corrected chi connectivity index (χ0v) is 11.6. The average molecular weight is 270 g/mol. The molecule has 1 nitrogen and oxygen atoms in total. The van der Waals surface area contributed by atoms with Gasteiger partial charge in [0.05, 0.1) is 5.69 Å². The van der Waals surface area contributed by atoms with E-state index in [4.69, 9.17) is 11.6 Å². The van der Waals surface area contributed by atoms with E-state index in [1.54, 1.807) is 12.1 Å². The average Bonchev–Trinajstić information content (AvgIpc) is 2.37. The van der Waals surface area contributed by atoms with Crippen LogP contribution in [-0.4, -0.2) is 6.04 Å². The van der Waals surface area contributed by atoms with Crippen LogP contribution in [0, 0.1) is 11.7 Å². The molecule has 1 aromatic rings. The van der Waals surface area contributed by atoms with Crippen molar-refractivity contribution in [3.05, 3.63) is 29.0 Å². The summed E-state index contributed by atoms with van der Waals surface area (Å²) >= 11 is 5.89. The van der Waals surface area contributed by atoms with Gasteiger partial charge in [0.1, 0.15) is 5.82 Å². The predicted molar refractivity (Wildman–Crippen MR) is 75.7 cm³/mol. The molecule has 0 bridgehead atoms. The van der Waals surface area contributed by atoms with Crippen molar-refractivity contribution in [1.29, 1.82) is 0 Å². The highest BCUT2D eigenvalue weighted by atomic mass is 35.5. The first-order valence-electron chi connectivity index (χ1n) is 6.90. The Balaban J connectivity index is 1.89. The molecule has 18 heavy (non-hydrogen) atoms. The lowest BCUT2D eigenvalue weighted by Crippen LogP contribution is -2.26. The van der Waals surface area contributed by atoms with E-state index in [2.05, 4.69) is 12.2 Å². The molecule has 1 aromatic carbocycles. The molecular formula is C15H21ClFN. The molecule has 0 amide bonds. The minimum Gasteiger partial charge on any atom is -0.380 e. The Morgan fingerprint density at radius 2 is 2.00 bits per heavy atom. The third-order valence-corrected chi connectivity index (χ3v) is 4.07. The highest BCUT2D eigenvalue weighted by Gasteiger charge is 2.21. The standard InChI is InChI=1S/C15H21ClFN/c1-2-3-11-4-7-13(8-5-11)18-15-10-12(16)6-9-14(15)17/h6,9-11,13,18H,2-5,7-8H2,1H3. The van der Waals surface area contributed by atoms with Crippen molar-refractivity contribution in [2.45, 2.75) is 51.5 Å². The molecule has 0 heterocycles. The van der Waals surface area contributed by atoms with E-state index in [1.807, 2.05) is 0 Å². The second kappa shape index (κ2) is 6.42. The summed E-state index contributed by atoms with van der Waals surface area (Å²) in [6.07, 6.45) is 7.39. The molecule has 1 N–H and O–H groups in total. The fourth-order valence-corrected chi connectivity index (χ4v) is 3.00. The van der Waals surface area contributed by atoms with Crippen LogP contribution in [0.1, 0.15) is 45.4 Å². The molecule has 0 radical (unpaired) electrons. The second-order valence-electron chi connectivity index (χ2n) is 5.27. The number of hydrogen-bond donors (Lipinski definition) is 1. The Morgan fingerprint density at radius 1 is 1.28 bits per heavy atom. The van der Waals surface area contributed by atoms with Crippen molar-refractivity contribution < 1.29 is 4.39 Å². The van der Waals surface area contributed by atoms with Crippen LogP contribution in [-0.2, 0) is 0 Å². The van der Waals surface area contributed by atoms with Gasteiger partial charge < -0.3 is 5.32 Å². The Kier molecular flexibility index (Phi) is 4.87. The van der Waals surface area contributed by atoms with Crippen molar-refractivity contribution in [3.8, 4) is 0 Å². The maximum Gasteiger partial charge on any atom is 0.146 e. The normalized spacial score (nSPS) is 23.9. The maximum absolute atomic E-state index is 13.6. The van der Waals surface area contributed by atoms with Crippen molar-refractivity contribution in [2.24, 2.45) is 5.92 Å². The third-order valence-electron chi connectivity index (χ3n) is 3.83. The first-order chi connectivity index (χ1) is 8.69. The number of halogens is 2. The van der Waals surface area contributed by atoms with Crippen LogP contribution in [0.5, 0.6) is 0 Å². The van der Waals surface area contributed by atoms with Gasteiger partial charge in [-0.3, -0.25) is 0 Å². The quantitative estimate of drug-likeness (QED) is 0.787. The zero-order valence-electron chi connectivity index (χ0n) is 10.9. The molecule has 0 atom stereocenters. The van der Waals surface area contributed by atoms with Crippen molar-refractivity contribution in [3.63, 3.8) is 0 Å². The number of anilines is 1. The van der Waals surface area contributed by atoms with E-state index in [-0.39, 0.29) is 5.82 Å². The Hall–Kier alpha value is -0.760. The van der Waals surface area contributed by atoms with E-state index in [0.717, 1.165) is 18.8 Å². The Bertz CT molecular complexity index is 386. The summed E-state index contributed by atoms with van der Waals surface area (Å²) in [7, 11) is 0. The number of hydrogen-bond acceptors (Lipinski definition) is 1. The van der Waals surface area contributed by atoms with Crippen LogP contribution in [0.3, 0.4) is 0 Å². The van der Waals surface area contributed by atoms with Crippen LogP contribution >= 0.6 is 11.6 Å². The summed E-state index contributed by atoms with van der Waals surface area (Å²) in [5, 5.41) is 3.88. The fraction of sp³-hybridized carbons (Fsp3) is 0.600. The molecule has 0 aliphatic heterocycles. The van der Waals surface area contributed by atoms with Gasteiger partial charge in [-0.1, -0.05) is 31.4 Å². The minimum atomic E-state index is -0.213. The molecule has 1 fully saturated rings. The van der Waals surface area contributed by atoms with E-state index in [9.17, 15) is 4.39 Å². The van der Waals surface area contributed by atoms with Gasteiger partial charge in [-0.05, 0) is 49.8 Å². The van der Waals surface area contributed by atoms with Crippen LogP contribution < -0.4 is 5.32 Å². The van der Waals surface area contributed by atoms with Gasteiger partial charge in [0, 0.05) is 11.1 Å². The second-order valence-corrected chi connectivity index (χ2v) is 5.71. The van der Waals surface area contributed by atoms with E-state index < -0.39 is 0 Å². The lowest BCUT2D eigenvalue weighted by Gasteiger charge is -2.29. The lowest BCUT2D eigenvalue weighted by molar-refractivity contribution is 0.318. The molecule has 3 heteroatoms. The summed E-state index contributed by atoms with van der Waals surface area (Å²) < 4.78 is 13.6. The summed E-state index contributed by atoms with van der Waals surface area (Å²) in [6, 6.07) is 5.08.